The number of aromatic nitrogens is 2. The Hall–Kier alpha value is -4.32. The maximum absolute atomic E-state index is 12.6. The van der Waals surface area contributed by atoms with Crippen LogP contribution in [0.1, 0.15) is 10.6 Å². The van der Waals surface area contributed by atoms with Gasteiger partial charge < -0.3 is 23.7 Å². The molecule has 12 heteroatoms. The molecule has 0 spiro atoms. The number of benzene rings is 2. The Bertz CT molecular complexity index is 1420. The molecule has 0 bridgehead atoms. The number of nitrogens with zero attached hydrogens (tertiary/aromatic N) is 2. The highest BCUT2D eigenvalue weighted by Gasteiger charge is 2.31. The van der Waals surface area contributed by atoms with Crippen molar-refractivity contribution in [3.63, 3.8) is 0 Å². The Morgan fingerprint density at radius 2 is 1.67 bits per heavy atom. The molecule has 4 aromatic rings. The van der Waals surface area contributed by atoms with E-state index in [1.54, 1.807) is 36.5 Å². The fourth-order valence-corrected chi connectivity index (χ4v) is 4.49. The van der Waals surface area contributed by atoms with Crippen molar-refractivity contribution in [1.82, 2.24) is 9.97 Å². The smallest absolute Gasteiger partial charge is 0.486 e. The summed E-state index contributed by atoms with van der Waals surface area (Å²) in [6.45, 7) is 1.76. The molecular formula is C27H23F3N2O6S. The van der Waals surface area contributed by atoms with Crippen molar-refractivity contribution in [3.8, 4) is 44.8 Å². The van der Waals surface area contributed by atoms with E-state index in [-0.39, 0.29) is 19.0 Å². The molecule has 4 rings (SSSR count). The maximum atomic E-state index is 12.6. The van der Waals surface area contributed by atoms with Crippen molar-refractivity contribution < 1.29 is 41.7 Å². The Morgan fingerprint density at radius 1 is 0.949 bits per heavy atom. The van der Waals surface area contributed by atoms with Gasteiger partial charge in [0.1, 0.15) is 28.9 Å². The van der Waals surface area contributed by atoms with E-state index in [9.17, 15) is 18.0 Å². The molecule has 0 unspecified atom stereocenters. The van der Waals surface area contributed by atoms with Crippen LogP contribution in [0.3, 0.4) is 0 Å². The molecule has 0 amide bonds. The predicted molar refractivity (Wildman–Crippen MR) is 137 cm³/mol. The van der Waals surface area contributed by atoms with Crippen LogP contribution >= 0.6 is 11.3 Å². The van der Waals surface area contributed by atoms with Crippen molar-refractivity contribution in [3.05, 3.63) is 71.4 Å². The molecule has 2 aromatic heterocycles. The zero-order valence-corrected chi connectivity index (χ0v) is 21.9. The number of hydrogen-bond donors (Lipinski definition) is 0. The molecule has 0 radical (unpaired) electrons. The van der Waals surface area contributed by atoms with Gasteiger partial charge in [-0.2, -0.15) is 0 Å². The third-order valence-corrected chi connectivity index (χ3v) is 6.40. The summed E-state index contributed by atoms with van der Waals surface area (Å²) >= 11 is 1.34. The summed E-state index contributed by atoms with van der Waals surface area (Å²) in [5.41, 5.74) is 2.72. The number of carbonyl (C=O) groups excluding carboxylic acids is 1. The van der Waals surface area contributed by atoms with Gasteiger partial charge in [-0.05, 0) is 66.6 Å². The van der Waals surface area contributed by atoms with E-state index < -0.39 is 12.3 Å². The average Bonchev–Trinajstić information content (AvgIpc) is 3.35. The number of methoxy groups -OCH3 is 2. The first-order chi connectivity index (χ1) is 18.6. The van der Waals surface area contributed by atoms with E-state index in [2.05, 4.69) is 14.5 Å². The number of aryl methyl sites for hydroxylation is 1. The lowest BCUT2D eigenvalue weighted by Gasteiger charge is -2.10. The third kappa shape index (κ3) is 7.38. The average molecular weight is 561 g/mol. The van der Waals surface area contributed by atoms with Crippen LogP contribution in [0.15, 0.2) is 60.8 Å². The summed E-state index contributed by atoms with van der Waals surface area (Å²) in [4.78, 5) is 21.0. The molecule has 0 atom stereocenters. The first-order valence-corrected chi connectivity index (χ1v) is 12.3. The van der Waals surface area contributed by atoms with E-state index in [1.807, 2.05) is 6.92 Å². The quantitative estimate of drug-likeness (QED) is 0.211. The van der Waals surface area contributed by atoms with Gasteiger partial charge in [0, 0.05) is 17.8 Å². The number of pyridine rings is 1. The van der Waals surface area contributed by atoms with Crippen molar-refractivity contribution in [2.24, 2.45) is 0 Å². The fraction of sp³-hybridized carbons (Fsp3) is 0.222. The van der Waals surface area contributed by atoms with Gasteiger partial charge in [-0.15, -0.1) is 24.5 Å². The molecule has 8 nitrogen and oxygen atoms in total. The summed E-state index contributed by atoms with van der Waals surface area (Å²) in [5.74, 6) is 0.718. The standard InChI is InChI=1S/C27H23F3N2O6S/c1-16-12-20(9-10-21(16)37-15-24(33)35-3)36-14-23-32-25(18-6-11-22(34-2)31-13-18)26(39-23)17-4-7-19(8-5-17)38-27(28,29)30/h4-13H,14-15H2,1-3H3. The minimum absolute atomic E-state index is 0.137. The van der Waals surface area contributed by atoms with Gasteiger partial charge in [-0.1, -0.05) is 0 Å². The fourth-order valence-electron chi connectivity index (χ4n) is 3.48. The van der Waals surface area contributed by atoms with Crippen LogP contribution in [-0.2, 0) is 16.1 Å². The molecule has 0 aliphatic rings. The molecule has 0 fully saturated rings. The summed E-state index contributed by atoms with van der Waals surface area (Å²) in [6.07, 6.45) is -3.17. The molecule has 39 heavy (non-hydrogen) atoms. The van der Waals surface area contributed by atoms with E-state index >= 15 is 0 Å². The van der Waals surface area contributed by atoms with Gasteiger partial charge in [0.05, 0.1) is 24.8 Å². The molecule has 0 aliphatic carbocycles. The largest absolute Gasteiger partial charge is 0.573 e. The third-order valence-electron chi connectivity index (χ3n) is 5.32. The Balaban J connectivity index is 1.57. The van der Waals surface area contributed by atoms with E-state index in [1.165, 1.54) is 49.8 Å². The highest BCUT2D eigenvalue weighted by molar-refractivity contribution is 7.15. The number of carbonyl (C=O) groups is 1. The number of ether oxygens (including phenoxy) is 5. The number of rotatable bonds is 10. The van der Waals surface area contributed by atoms with E-state index in [0.717, 1.165) is 10.4 Å². The van der Waals surface area contributed by atoms with Gasteiger partial charge in [0.2, 0.25) is 5.88 Å². The van der Waals surface area contributed by atoms with Crippen molar-refractivity contribution >= 4 is 17.3 Å². The normalized spacial score (nSPS) is 11.1. The van der Waals surface area contributed by atoms with E-state index in [4.69, 9.17) is 19.2 Å². The van der Waals surface area contributed by atoms with Crippen molar-refractivity contribution in [1.29, 1.82) is 0 Å². The van der Waals surface area contributed by atoms with Crippen LogP contribution < -0.4 is 18.9 Å². The summed E-state index contributed by atoms with van der Waals surface area (Å²) < 4.78 is 62.8. The SMILES string of the molecule is COC(=O)COc1ccc(OCc2nc(-c3ccc(OC)nc3)c(-c3ccc(OC(F)(F)F)cc3)s2)cc1C. The maximum Gasteiger partial charge on any atom is 0.573 e. The van der Waals surface area contributed by atoms with Gasteiger partial charge >= 0.3 is 12.3 Å². The Kier molecular flexibility index (Phi) is 8.55. The monoisotopic (exact) mass is 560 g/mol. The molecule has 0 saturated heterocycles. The first kappa shape index (κ1) is 27.7. The molecule has 204 valence electrons. The van der Waals surface area contributed by atoms with Crippen LogP contribution in [-0.4, -0.2) is 43.1 Å². The minimum atomic E-state index is -4.78. The van der Waals surface area contributed by atoms with Crippen LogP contribution in [0, 0.1) is 6.92 Å². The Morgan fingerprint density at radius 3 is 2.28 bits per heavy atom. The van der Waals surface area contributed by atoms with Gasteiger partial charge in [0.15, 0.2) is 6.61 Å². The zero-order valence-electron chi connectivity index (χ0n) is 21.1. The number of alkyl halides is 3. The molecule has 2 heterocycles. The highest BCUT2D eigenvalue weighted by Crippen LogP contribution is 2.38. The molecule has 0 aliphatic heterocycles. The van der Waals surface area contributed by atoms with Crippen molar-refractivity contribution in [2.45, 2.75) is 19.9 Å². The molecular weight excluding hydrogens is 537 g/mol. The highest BCUT2D eigenvalue weighted by atomic mass is 32.1. The van der Waals surface area contributed by atoms with Crippen molar-refractivity contribution in [2.75, 3.05) is 20.8 Å². The predicted octanol–water partition coefficient (Wildman–Crippen LogP) is 6.22. The Labute approximate surface area is 225 Å². The zero-order chi connectivity index (χ0) is 28.0. The lowest BCUT2D eigenvalue weighted by Crippen LogP contribution is -2.16. The van der Waals surface area contributed by atoms with Crippen LogP contribution in [0.5, 0.6) is 23.1 Å². The minimum Gasteiger partial charge on any atom is -0.486 e. The van der Waals surface area contributed by atoms with Crippen LogP contribution in [0.4, 0.5) is 13.2 Å². The van der Waals surface area contributed by atoms with Crippen LogP contribution in [0.2, 0.25) is 0 Å². The van der Waals surface area contributed by atoms with Gasteiger partial charge in [-0.3, -0.25) is 0 Å². The lowest BCUT2D eigenvalue weighted by atomic mass is 10.1. The molecule has 0 saturated carbocycles. The number of halogens is 3. The number of thiazole rings is 1. The molecule has 0 N–H and O–H groups in total. The summed E-state index contributed by atoms with van der Waals surface area (Å²) in [5, 5.41) is 0.634. The second-order valence-electron chi connectivity index (χ2n) is 8.03. The van der Waals surface area contributed by atoms with E-state index in [0.29, 0.717) is 39.2 Å². The number of hydrogen-bond acceptors (Lipinski definition) is 9. The second-order valence-corrected chi connectivity index (χ2v) is 9.11. The number of esters is 1. The summed E-state index contributed by atoms with van der Waals surface area (Å²) in [7, 11) is 2.79. The first-order valence-electron chi connectivity index (χ1n) is 11.4. The van der Waals surface area contributed by atoms with Gasteiger partial charge in [0.25, 0.3) is 0 Å². The molecule has 2 aromatic carbocycles. The van der Waals surface area contributed by atoms with Crippen LogP contribution in [0.25, 0.3) is 21.7 Å². The van der Waals surface area contributed by atoms with Gasteiger partial charge in [-0.25, -0.2) is 14.8 Å². The topological polar surface area (TPSA) is 89.0 Å². The summed E-state index contributed by atoms with van der Waals surface area (Å²) in [6, 6.07) is 14.2. The lowest BCUT2D eigenvalue weighted by molar-refractivity contribution is -0.274. The second kappa shape index (κ2) is 12.0.